The number of ether oxygens (including phenoxy) is 1. The number of hydrogen-bond donors (Lipinski definition) is 1. The second kappa shape index (κ2) is 4.15. The van der Waals surface area contributed by atoms with Gasteiger partial charge in [0.15, 0.2) is 0 Å². The van der Waals surface area contributed by atoms with Gasteiger partial charge in [-0.05, 0) is 28.7 Å². The molecular weight excluding hydrogens is 304 g/mol. The van der Waals surface area contributed by atoms with E-state index in [2.05, 4.69) is 0 Å². The van der Waals surface area contributed by atoms with Crippen molar-refractivity contribution in [3.8, 4) is 5.75 Å². The van der Waals surface area contributed by atoms with Crippen LogP contribution >= 0.6 is 34.2 Å². The number of nitrogens with two attached hydrogens (primary N) is 1. The van der Waals surface area contributed by atoms with Gasteiger partial charge in [0.2, 0.25) is 5.91 Å². The number of rotatable bonds is 2. The van der Waals surface area contributed by atoms with Crippen LogP contribution < -0.4 is 10.5 Å². The third-order valence-corrected chi connectivity index (χ3v) is 2.66. The fraction of sp³-hybridized carbons (Fsp3) is 0.125. The number of carbonyl (C=O) groups is 1. The van der Waals surface area contributed by atoms with E-state index < -0.39 is 5.91 Å². The maximum atomic E-state index is 10.9. The smallest absolute Gasteiger partial charge is 0.250 e. The molecule has 0 saturated heterocycles. The van der Waals surface area contributed by atoms with Gasteiger partial charge in [-0.1, -0.05) is 11.6 Å². The Labute approximate surface area is 94.3 Å². The van der Waals surface area contributed by atoms with E-state index in [1.165, 1.54) is 7.11 Å². The molecule has 1 amide bonds. The minimum atomic E-state index is -0.537. The Balaban J connectivity index is 3.28. The zero-order chi connectivity index (χ0) is 10.0. The summed E-state index contributed by atoms with van der Waals surface area (Å²) >= 11 is 7.84. The van der Waals surface area contributed by atoms with Gasteiger partial charge < -0.3 is 10.5 Å². The molecule has 0 saturated carbocycles. The summed E-state index contributed by atoms with van der Waals surface area (Å²) in [4.78, 5) is 10.9. The molecule has 0 fully saturated rings. The van der Waals surface area contributed by atoms with E-state index in [1.807, 2.05) is 22.6 Å². The van der Waals surface area contributed by atoms with Crippen LogP contribution in [-0.2, 0) is 0 Å². The van der Waals surface area contributed by atoms with E-state index in [0.717, 1.165) is 3.57 Å². The lowest BCUT2D eigenvalue weighted by atomic mass is 10.2. The van der Waals surface area contributed by atoms with E-state index in [9.17, 15) is 4.79 Å². The highest BCUT2D eigenvalue weighted by Crippen LogP contribution is 2.27. The van der Waals surface area contributed by atoms with Crippen LogP contribution in [0, 0.1) is 3.57 Å². The van der Waals surface area contributed by atoms with E-state index in [0.29, 0.717) is 16.3 Å². The summed E-state index contributed by atoms with van der Waals surface area (Å²) in [6.45, 7) is 0. The van der Waals surface area contributed by atoms with Crippen LogP contribution in [0.1, 0.15) is 10.4 Å². The van der Waals surface area contributed by atoms with Gasteiger partial charge in [-0.3, -0.25) is 4.79 Å². The summed E-state index contributed by atoms with van der Waals surface area (Å²) in [6, 6.07) is 3.17. The number of methoxy groups -OCH3 is 1. The van der Waals surface area contributed by atoms with Crippen LogP contribution in [0.25, 0.3) is 0 Å². The molecule has 2 N–H and O–H groups in total. The summed E-state index contributed by atoms with van der Waals surface area (Å²) in [5.74, 6) is 0.0983. The number of benzene rings is 1. The normalized spacial score (nSPS) is 9.77. The molecule has 0 aliphatic rings. The number of carbonyl (C=O) groups excluding carboxylic acids is 1. The molecule has 1 aromatic carbocycles. The Hall–Kier alpha value is -0.490. The first-order valence-electron chi connectivity index (χ1n) is 3.39. The summed E-state index contributed by atoms with van der Waals surface area (Å²) in [7, 11) is 1.54. The molecule has 0 bridgehead atoms. The van der Waals surface area contributed by atoms with Gasteiger partial charge in [0.1, 0.15) is 5.75 Å². The van der Waals surface area contributed by atoms with Crippen LogP contribution in [0.5, 0.6) is 5.75 Å². The fourth-order valence-electron chi connectivity index (χ4n) is 0.874. The van der Waals surface area contributed by atoms with Crippen LogP contribution in [0.3, 0.4) is 0 Å². The molecule has 1 aromatic rings. The van der Waals surface area contributed by atoms with Gasteiger partial charge in [-0.15, -0.1) is 0 Å². The zero-order valence-corrected chi connectivity index (χ0v) is 9.72. The molecule has 0 atom stereocenters. The van der Waals surface area contributed by atoms with Crippen LogP contribution in [0.2, 0.25) is 5.02 Å². The Morgan fingerprint density at radius 3 is 2.69 bits per heavy atom. The predicted molar refractivity (Wildman–Crippen MR) is 59.2 cm³/mol. The summed E-state index contributed by atoms with van der Waals surface area (Å²) in [5.41, 5.74) is 5.42. The fourth-order valence-corrected chi connectivity index (χ4v) is 1.81. The predicted octanol–water partition coefficient (Wildman–Crippen LogP) is 2.05. The lowest BCUT2D eigenvalue weighted by Crippen LogP contribution is -2.12. The van der Waals surface area contributed by atoms with Crippen molar-refractivity contribution in [3.05, 3.63) is 26.3 Å². The van der Waals surface area contributed by atoms with Crippen molar-refractivity contribution in [3.63, 3.8) is 0 Å². The molecule has 3 nitrogen and oxygen atoms in total. The lowest BCUT2D eigenvalue weighted by molar-refractivity contribution is 0.100. The van der Waals surface area contributed by atoms with E-state index in [-0.39, 0.29) is 0 Å². The van der Waals surface area contributed by atoms with Crippen molar-refractivity contribution < 1.29 is 9.53 Å². The first-order chi connectivity index (χ1) is 6.06. The molecule has 70 valence electrons. The van der Waals surface area contributed by atoms with Crippen molar-refractivity contribution in [1.29, 1.82) is 0 Å². The summed E-state index contributed by atoms with van der Waals surface area (Å²) < 4.78 is 5.82. The highest BCUT2D eigenvalue weighted by Gasteiger charge is 2.10. The van der Waals surface area contributed by atoms with Crippen molar-refractivity contribution in [2.45, 2.75) is 0 Å². The van der Waals surface area contributed by atoms with E-state index >= 15 is 0 Å². The zero-order valence-electron chi connectivity index (χ0n) is 6.80. The molecule has 13 heavy (non-hydrogen) atoms. The molecule has 0 radical (unpaired) electrons. The van der Waals surface area contributed by atoms with Gasteiger partial charge >= 0.3 is 0 Å². The van der Waals surface area contributed by atoms with Crippen molar-refractivity contribution >= 4 is 40.1 Å². The largest absolute Gasteiger partial charge is 0.496 e. The maximum Gasteiger partial charge on any atom is 0.250 e. The lowest BCUT2D eigenvalue weighted by Gasteiger charge is -2.06. The van der Waals surface area contributed by atoms with E-state index in [4.69, 9.17) is 22.1 Å². The molecular formula is C8H7ClINO2. The number of primary amides is 1. The van der Waals surface area contributed by atoms with Gasteiger partial charge in [-0.2, -0.15) is 0 Å². The molecule has 0 aliphatic carbocycles. The quantitative estimate of drug-likeness (QED) is 0.850. The molecule has 0 aromatic heterocycles. The second-order valence-corrected chi connectivity index (χ2v) is 3.90. The molecule has 0 heterocycles. The second-order valence-electron chi connectivity index (χ2n) is 2.33. The summed E-state index contributed by atoms with van der Waals surface area (Å²) in [6.07, 6.45) is 0. The highest BCUT2D eigenvalue weighted by atomic mass is 127. The minimum absolute atomic E-state index is 0.310. The molecule has 0 spiro atoms. The number of hydrogen-bond acceptors (Lipinski definition) is 2. The highest BCUT2D eigenvalue weighted by molar-refractivity contribution is 14.1. The SMILES string of the molecule is COc1cc(Cl)c(C(N)=O)cc1I. The van der Waals surface area contributed by atoms with E-state index in [1.54, 1.807) is 12.1 Å². The average molecular weight is 312 g/mol. The standard InChI is InChI=1S/C8H7ClINO2/c1-13-7-3-5(9)4(8(11)12)2-6(7)10/h2-3H,1H3,(H2,11,12). The van der Waals surface area contributed by atoms with Crippen LogP contribution in [-0.4, -0.2) is 13.0 Å². The number of amides is 1. The van der Waals surface area contributed by atoms with Crippen molar-refractivity contribution in [2.75, 3.05) is 7.11 Å². The van der Waals surface area contributed by atoms with Gasteiger partial charge in [-0.25, -0.2) is 0 Å². The third-order valence-electron chi connectivity index (χ3n) is 1.51. The molecule has 0 aliphatic heterocycles. The molecule has 0 unspecified atom stereocenters. The summed E-state index contributed by atoms with van der Waals surface area (Å²) in [5, 5.41) is 0.310. The van der Waals surface area contributed by atoms with Crippen molar-refractivity contribution in [2.24, 2.45) is 5.73 Å². The third kappa shape index (κ3) is 2.25. The van der Waals surface area contributed by atoms with Gasteiger partial charge in [0, 0.05) is 6.07 Å². The average Bonchev–Trinajstić information content (AvgIpc) is 2.07. The first kappa shape index (κ1) is 10.6. The number of halogens is 2. The topological polar surface area (TPSA) is 52.3 Å². The van der Waals surface area contributed by atoms with Crippen LogP contribution in [0.4, 0.5) is 0 Å². The monoisotopic (exact) mass is 311 g/mol. The molecule has 1 rings (SSSR count). The Morgan fingerprint density at radius 1 is 1.62 bits per heavy atom. The van der Waals surface area contributed by atoms with Crippen LogP contribution in [0.15, 0.2) is 12.1 Å². The Bertz CT molecular complexity index is 354. The first-order valence-corrected chi connectivity index (χ1v) is 4.84. The Morgan fingerprint density at radius 2 is 2.23 bits per heavy atom. The van der Waals surface area contributed by atoms with Gasteiger partial charge in [0.05, 0.1) is 21.3 Å². The van der Waals surface area contributed by atoms with Gasteiger partial charge in [0.25, 0.3) is 0 Å². The Kier molecular flexibility index (Phi) is 3.38. The maximum absolute atomic E-state index is 10.9. The minimum Gasteiger partial charge on any atom is -0.496 e. The molecule has 5 heteroatoms. The van der Waals surface area contributed by atoms with Crippen molar-refractivity contribution in [1.82, 2.24) is 0 Å².